The van der Waals surface area contributed by atoms with Gasteiger partial charge in [-0.25, -0.2) is 14.8 Å². The number of rotatable bonds is 3. The van der Waals surface area contributed by atoms with Gasteiger partial charge in [-0.2, -0.15) is 0 Å². The Hall–Kier alpha value is -1.55. The summed E-state index contributed by atoms with van der Waals surface area (Å²) in [7, 11) is 0. The van der Waals surface area contributed by atoms with Crippen molar-refractivity contribution >= 4 is 11.7 Å². The van der Waals surface area contributed by atoms with Gasteiger partial charge in [0.25, 0.3) is 0 Å². The first kappa shape index (κ1) is 12.9. The van der Waals surface area contributed by atoms with Crippen LogP contribution in [0.15, 0.2) is 30.3 Å². The molecule has 18 heavy (non-hydrogen) atoms. The van der Waals surface area contributed by atoms with Crippen LogP contribution < -0.4 is 10.3 Å². The smallest absolute Gasteiger partial charge is 0.336 e. The number of anilines is 1. The lowest BCUT2D eigenvalue weighted by molar-refractivity contribution is 0.191. The molecular weight excluding hydrogens is 226 g/mol. The van der Waals surface area contributed by atoms with E-state index in [9.17, 15) is 4.79 Å². The number of nitrogens with zero attached hydrogens (tertiary/aromatic N) is 2. The van der Waals surface area contributed by atoms with Gasteiger partial charge in [-0.3, -0.25) is 0 Å². The van der Waals surface area contributed by atoms with Crippen molar-refractivity contribution in [2.45, 2.75) is 26.2 Å². The Morgan fingerprint density at radius 2 is 1.89 bits per heavy atom. The van der Waals surface area contributed by atoms with Gasteiger partial charge >= 0.3 is 6.03 Å². The molecule has 98 valence electrons. The van der Waals surface area contributed by atoms with E-state index in [1.807, 2.05) is 37.3 Å². The Bertz CT molecular complexity index is 374. The first-order valence-corrected chi connectivity index (χ1v) is 6.71. The molecule has 0 radical (unpaired) electrons. The summed E-state index contributed by atoms with van der Waals surface area (Å²) in [6.07, 6.45) is 3.57. The van der Waals surface area contributed by atoms with Crippen molar-refractivity contribution in [3.8, 4) is 0 Å². The first-order chi connectivity index (χ1) is 8.83. The van der Waals surface area contributed by atoms with Gasteiger partial charge in [-0.15, -0.1) is 0 Å². The molecule has 0 atom stereocenters. The molecule has 0 aromatic heterocycles. The lowest BCUT2D eigenvalue weighted by atomic mass is 10.1. The zero-order valence-electron chi connectivity index (χ0n) is 10.9. The minimum absolute atomic E-state index is 0.0365. The summed E-state index contributed by atoms with van der Waals surface area (Å²) >= 11 is 0. The topological polar surface area (TPSA) is 35.6 Å². The van der Waals surface area contributed by atoms with Gasteiger partial charge in [0.15, 0.2) is 0 Å². The summed E-state index contributed by atoms with van der Waals surface area (Å²) in [5.74, 6) is 0. The number of nitrogens with one attached hydrogen (secondary N) is 1. The van der Waals surface area contributed by atoms with Crippen LogP contribution in [-0.2, 0) is 0 Å². The van der Waals surface area contributed by atoms with Gasteiger partial charge in [0.2, 0.25) is 0 Å². The zero-order chi connectivity index (χ0) is 12.8. The third-order valence-electron chi connectivity index (χ3n) is 3.14. The van der Waals surface area contributed by atoms with Crippen LogP contribution in [0.2, 0.25) is 0 Å². The summed E-state index contributed by atoms with van der Waals surface area (Å²) in [5.41, 5.74) is 0.936. The summed E-state index contributed by atoms with van der Waals surface area (Å²) in [5, 5.41) is 6.81. The standard InChI is InChI=1S/C14H21N3O/c1-2-15-14(18)17(13-9-5-3-6-10-13)16-11-7-4-8-12-16/h3,5-6,9-10H,2,4,7-8,11-12H2,1H3,(H,15,18). The number of amides is 2. The predicted octanol–water partition coefficient (Wildman–Crippen LogP) is 2.62. The quantitative estimate of drug-likeness (QED) is 0.891. The molecule has 0 bridgehead atoms. The van der Waals surface area contributed by atoms with Gasteiger partial charge in [0.1, 0.15) is 0 Å². The fourth-order valence-electron chi connectivity index (χ4n) is 2.28. The zero-order valence-corrected chi connectivity index (χ0v) is 10.9. The van der Waals surface area contributed by atoms with Crippen LogP contribution in [0.5, 0.6) is 0 Å². The number of hydrogen-bond donors (Lipinski definition) is 1. The number of hydrazine groups is 1. The van der Waals surface area contributed by atoms with Crippen molar-refractivity contribution in [2.75, 3.05) is 24.6 Å². The highest BCUT2D eigenvalue weighted by atomic mass is 16.2. The van der Waals surface area contributed by atoms with Crippen LogP contribution in [0.1, 0.15) is 26.2 Å². The number of para-hydroxylation sites is 1. The molecule has 1 aliphatic rings. The van der Waals surface area contributed by atoms with E-state index in [0.717, 1.165) is 31.6 Å². The molecule has 0 unspecified atom stereocenters. The van der Waals surface area contributed by atoms with E-state index in [2.05, 4.69) is 10.3 Å². The number of piperidine rings is 1. The molecule has 4 heteroatoms. The van der Waals surface area contributed by atoms with Crippen molar-refractivity contribution in [3.63, 3.8) is 0 Å². The Balaban J connectivity index is 2.19. The van der Waals surface area contributed by atoms with Crippen molar-refractivity contribution in [1.29, 1.82) is 0 Å². The van der Waals surface area contributed by atoms with E-state index < -0.39 is 0 Å². The third-order valence-corrected chi connectivity index (χ3v) is 3.14. The average molecular weight is 247 g/mol. The van der Waals surface area contributed by atoms with Gasteiger partial charge in [0.05, 0.1) is 5.69 Å². The van der Waals surface area contributed by atoms with Crippen LogP contribution in [0, 0.1) is 0 Å². The maximum Gasteiger partial charge on any atom is 0.336 e. The first-order valence-electron chi connectivity index (χ1n) is 6.71. The normalized spacial score (nSPS) is 16.3. The number of carbonyl (C=O) groups excluding carboxylic acids is 1. The second-order valence-electron chi connectivity index (χ2n) is 4.50. The molecule has 0 spiro atoms. The minimum Gasteiger partial charge on any atom is -0.337 e. The Labute approximate surface area is 109 Å². The highest BCUT2D eigenvalue weighted by Gasteiger charge is 2.24. The molecule has 4 nitrogen and oxygen atoms in total. The van der Waals surface area contributed by atoms with Crippen LogP contribution in [0.25, 0.3) is 0 Å². The van der Waals surface area contributed by atoms with Crippen molar-refractivity contribution in [2.24, 2.45) is 0 Å². The second kappa shape index (κ2) is 6.40. The number of carbonyl (C=O) groups is 1. The van der Waals surface area contributed by atoms with Crippen LogP contribution >= 0.6 is 0 Å². The lowest BCUT2D eigenvalue weighted by Gasteiger charge is -2.37. The van der Waals surface area contributed by atoms with Crippen LogP contribution in [-0.4, -0.2) is 30.7 Å². The predicted molar refractivity (Wildman–Crippen MR) is 73.4 cm³/mol. The van der Waals surface area contributed by atoms with E-state index in [4.69, 9.17) is 0 Å². The molecular formula is C14H21N3O. The highest BCUT2D eigenvalue weighted by Crippen LogP contribution is 2.20. The summed E-state index contributed by atoms with van der Waals surface area (Å²) in [4.78, 5) is 12.2. The Kier molecular flexibility index (Phi) is 4.59. The van der Waals surface area contributed by atoms with Gasteiger partial charge in [-0.05, 0) is 31.9 Å². The SMILES string of the molecule is CCNC(=O)N(c1ccccc1)N1CCCCC1. The third kappa shape index (κ3) is 3.01. The van der Waals surface area contributed by atoms with Crippen molar-refractivity contribution < 1.29 is 4.79 Å². The maximum atomic E-state index is 12.2. The molecule has 1 aromatic rings. The molecule has 1 fully saturated rings. The Morgan fingerprint density at radius 1 is 1.22 bits per heavy atom. The largest absolute Gasteiger partial charge is 0.337 e. The van der Waals surface area contributed by atoms with E-state index >= 15 is 0 Å². The summed E-state index contributed by atoms with van der Waals surface area (Å²) in [6, 6.07) is 9.81. The van der Waals surface area contributed by atoms with Crippen LogP contribution in [0.4, 0.5) is 10.5 Å². The molecule has 1 aliphatic heterocycles. The van der Waals surface area contributed by atoms with Gasteiger partial charge in [0, 0.05) is 19.6 Å². The van der Waals surface area contributed by atoms with E-state index in [1.165, 1.54) is 6.42 Å². The number of benzene rings is 1. The summed E-state index contributed by atoms with van der Waals surface area (Å²) < 4.78 is 0. The molecule has 1 aromatic carbocycles. The molecule has 1 saturated heterocycles. The monoisotopic (exact) mass is 247 g/mol. The van der Waals surface area contributed by atoms with Gasteiger partial charge < -0.3 is 5.32 Å². The molecule has 2 rings (SSSR count). The van der Waals surface area contributed by atoms with Crippen molar-refractivity contribution in [1.82, 2.24) is 10.3 Å². The fourth-order valence-corrected chi connectivity index (χ4v) is 2.28. The fraction of sp³-hybridized carbons (Fsp3) is 0.500. The van der Waals surface area contributed by atoms with E-state index in [-0.39, 0.29) is 6.03 Å². The minimum atomic E-state index is -0.0365. The number of hydrogen-bond acceptors (Lipinski definition) is 2. The molecule has 2 amide bonds. The van der Waals surface area contributed by atoms with E-state index in [1.54, 1.807) is 5.01 Å². The second-order valence-corrected chi connectivity index (χ2v) is 4.50. The van der Waals surface area contributed by atoms with Gasteiger partial charge in [-0.1, -0.05) is 24.6 Å². The Morgan fingerprint density at radius 3 is 2.50 bits per heavy atom. The van der Waals surface area contributed by atoms with Crippen LogP contribution in [0.3, 0.4) is 0 Å². The maximum absolute atomic E-state index is 12.2. The molecule has 0 aliphatic carbocycles. The lowest BCUT2D eigenvalue weighted by Crippen LogP contribution is -2.53. The average Bonchev–Trinajstić information content (AvgIpc) is 2.42. The molecule has 0 saturated carbocycles. The molecule has 1 N–H and O–H groups in total. The summed E-state index contributed by atoms with van der Waals surface area (Å²) in [6.45, 7) is 4.49. The number of urea groups is 1. The molecule has 1 heterocycles. The van der Waals surface area contributed by atoms with E-state index in [0.29, 0.717) is 6.54 Å². The van der Waals surface area contributed by atoms with Crippen molar-refractivity contribution in [3.05, 3.63) is 30.3 Å². The highest BCUT2D eigenvalue weighted by molar-refractivity contribution is 5.90.